The van der Waals surface area contributed by atoms with Crippen LogP contribution >= 0.6 is 0 Å². The van der Waals surface area contributed by atoms with Crippen molar-refractivity contribution in [2.75, 3.05) is 20.3 Å². The maximum atomic E-state index is 10.8. The summed E-state index contributed by atoms with van der Waals surface area (Å²) >= 11 is 0. The zero-order chi connectivity index (χ0) is 14.4. The van der Waals surface area contributed by atoms with Gasteiger partial charge in [0, 0.05) is 12.1 Å². The van der Waals surface area contributed by atoms with Crippen molar-refractivity contribution in [1.29, 1.82) is 0 Å². The van der Waals surface area contributed by atoms with Crippen molar-refractivity contribution in [3.8, 4) is 5.75 Å². The van der Waals surface area contributed by atoms with Gasteiger partial charge in [-0.1, -0.05) is 6.42 Å². The van der Waals surface area contributed by atoms with Crippen LogP contribution in [0, 0.1) is 10.1 Å². The molecule has 0 amide bonds. The molecule has 6 heteroatoms. The number of nitro groups is 1. The average Bonchev–Trinajstić information content (AvgIpc) is 2.48. The van der Waals surface area contributed by atoms with Crippen molar-refractivity contribution >= 4 is 5.69 Å². The number of methoxy groups -OCH3 is 1. The third-order valence-electron chi connectivity index (χ3n) is 3.40. The van der Waals surface area contributed by atoms with Crippen LogP contribution in [0.5, 0.6) is 5.75 Å². The molecule has 110 valence electrons. The number of hydrogen-bond acceptors (Lipinski definition) is 5. The van der Waals surface area contributed by atoms with Gasteiger partial charge in [-0.05, 0) is 31.0 Å². The monoisotopic (exact) mass is 280 g/mol. The quantitative estimate of drug-likeness (QED) is 0.639. The molecular weight excluding hydrogens is 260 g/mol. The van der Waals surface area contributed by atoms with Crippen LogP contribution < -0.4 is 10.1 Å². The molecule has 1 N–H and O–H groups in total. The Kier molecular flexibility index (Phi) is 5.31. The molecule has 1 aliphatic rings. The van der Waals surface area contributed by atoms with Crippen LogP contribution in [-0.2, 0) is 11.3 Å². The molecular formula is C14H20N2O4. The number of non-ortho nitro benzene ring substituents is 1. The molecule has 0 saturated carbocycles. The van der Waals surface area contributed by atoms with Gasteiger partial charge in [-0.25, -0.2) is 0 Å². The predicted molar refractivity (Wildman–Crippen MR) is 74.9 cm³/mol. The van der Waals surface area contributed by atoms with E-state index in [4.69, 9.17) is 9.47 Å². The predicted octanol–water partition coefficient (Wildman–Crippen LogP) is 2.26. The highest BCUT2D eigenvalue weighted by Gasteiger charge is 2.13. The highest BCUT2D eigenvalue weighted by Crippen LogP contribution is 2.23. The van der Waals surface area contributed by atoms with Gasteiger partial charge in [0.15, 0.2) is 0 Å². The van der Waals surface area contributed by atoms with Crippen LogP contribution in [0.2, 0.25) is 0 Å². The number of ether oxygens (including phenoxy) is 2. The summed E-state index contributed by atoms with van der Waals surface area (Å²) < 4.78 is 10.7. The standard InChI is InChI=1S/C14H20N2O4/c1-19-14-7-11(6-13(8-14)16(17)18)9-20-10-12-4-2-3-5-15-12/h6-8,12,15H,2-5,9-10H2,1H3. The van der Waals surface area contributed by atoms with Crippen molar-refractivity contribution in [3.63, 3.8) is 0 Å². The molecule has 0 aliphatic carbocycles. The lowest BCUT2D eigenvalue weighted by Crippen LogP contribution is -2.37. The minimum absolute atomic E-state index is 0.0266. The number of nitrogens with one attached hydrogen (secondary N) is 1. The first-order chi connectivity index (χ1) is 9.69. The lowest BCUT2D eigenvalue weighted by atomic mass is 10.1. The molecule has 1 fully saturated rings. The van der Waals surface area contributed by atoms with Gasteiger partial charge in [-0.15, -0.1) is 0 Å². The number of rotatable bonds is 6. The number of nitro benzene ring substituents is 1. The van der Waals surface area contributed by atoms with E-state index in [0.29, 0.717) is 25.0 Å². The van der Waals surface area contributed by atoms with E-state index in [0.717, 1.165) is 18.5 Å². The molecule has 1 aromatic carbocycles. The molecule has 0 radical (unpaired) electrons. The van der Waals surface area contributed by atoms with Crippen LogP contribution in [0.25, 0.3) is 0 Å². The molecule has 1 heterocycles. The average molecular weight is 280 g/mol. The van der Waals surface area contributed by atoms with Crippen LogP contribution in [0.3, 0.4) is 0 Å². The maximum absolute atomic E-state index is 10.8. The van der Waals surface area contributed by atoms with Gasteiger partial charge in [0.25, 0.3) is 5.69 Å². The summed E-state index contributed by atoms with van der Waals surface area (Å²) in [5, 5.41) is 14.2. The van der Waals surface area contributed by atoms with Crippen LogP contribution in [0.4, 0.5) is 5.69 Å². The van der Waals surface area contributed by atoms with E-state index < -0.39 is 4.92 Å². The van der Waals surface area contributed by atoms with Crippen molar-refractivity contribution in [1.82, 2.24) is 5.32 Å². The summed E-state index contributed by atoms with van der Waals surface area (Å²) in [6.45, 7) is 2.03. The normalized spacial score (nSPS) is 18.8. The first-order valence-electron chi connectivity index (χ1n) is 6.82. The largest absolute Gasteiger partial charge is 0.496 e. The van der Waals surface area contributed by atoms with E-state index in [1.54, 1.807) is 6.07 Å². The van der Waals surface area contributed by atoms with Crippen molar-refractivity contribution in [3.05, 3.63) is 33.9 Å². The molecule has 0 aromatic heterocycles. The van der Waals surface area contributed by atoms with E-state index in [-0.39, 0.29) is 5.69 Å². The number of piperidine rings is 1. The summed E-state index contributed by atoms with van der Waals surface area (Å²) in [6, 6.07) is 5.09. The molecule has 6 nitrogen and oxygen atoms in total. The second-order valence-electron chi connectivity index (χ2n) is 4.96. The molecule has 1 unspecified atom stereocenters. The third kappa shape index (κ3) is 4.18. The third-order valence-corrected chi connectivity index (χ3v) is 3.40. The Morgan fingerprint density at radius 3 is 2.90 bits per heavy atom. The lowest BCUT2D eigenvalue weighted by Gasteiger charge is -2.23. The van der Waals surface area contributed by atoms with E-state index in [1.807, 2.05) is 0 Å². The Morgan fingerprint density at radius 2 is 2.25 bits per heavy atom. The molecule has 0 bridgehead atoms. The van der Waals surface area contributed by atoms with Gasteiger partial charge in [-0.2, -0.15) is 0 Å². The molecule has 1 aromatic rings. The SMILES string of the molecule is COc1cc(COCC2CCCCN2)cc([N+](=O)[O-])c1. The van der Waals surface area contributed by atoms with Crippen molar-refractivity contribution in [2.45, 2.75) is 31.9 Å². The maximum Gasteiger partial charge on any atom is 0.273 e. The highest BCUT2D eigenvalue weighted by molar-refractivity contribution is 5.42. The molecule has 2 rings (SSSR count). The summed E-state index contributed by atoms with van der Waals surface area (Å²) in [6.07, 6.45) is 3.57. The number of nitrogens with zero attached hydrogens (tertiary/aromatic N) is 1. The van der Waals surface area contributed by atoms with E-state index in [1.165, 1.54) is 32.1 Å². The Morgan fingerprint density at radius 1 is 1.40 bits per heavy atom. The molecule has 1 aliphatic heterocycles. The molecule has 1 atom stereocenters. The van der Waals surface area contributed by atoms with Crippen LogP contribution in [-0.4, -0.2) is 31.2 Å². The zero-order valence-corrected chi connectivity index (χ0v) is 11.6. The zero-order valence-electron chi connectivity index (χ0n) is 11.6. The van der Waals surface area contributed by atoms with Gasteiger partial charge < -0.3 is 14.8 Å². The first-order valence-corrected chi connectivity index (χ1v) is 6.82. The van der Waals surface area contributed by atoms with Gasteiger partial charge in [0.1, 0.15) is 5.75 Å². The number of benzene rings is 1. The molecule has 20 heavy (non-hydrogen) atoms. The Balaban J connectivity index is 1.91. The smallest absolute Gasteiger partial charge is 0.273 e. The second kappa shape index (κ2) is 7.21. The minimum atomic E-state index is -0.422. The fourth-order valence-corrected chi connectivity index (χ4v) is 2.34. The second-order valence-corrected chi connectivity index (χ2v) is 4.96. The Hall–Kier alpha value is -1.66. The highest BCUT2D eigenvalue weighted by atomic mass is 16.6. The fraction of sp³-hybridized carbons (Fsp3) is 0.571. The van der Waals surface area contributed by atoms with E-state index in [2.05, 4.69) is 5.32 Å². The summed E-state index contributed by atoms with van der Waals surface area (Å²) in [4.78, 5) is 10.4. The first kappa shape index (κ1) is 14.7. The topological polar surface area (TPSA) is 73.6 Å². The lowest BCUT2D eigenvalue weighted by molar-refractivity contribution is -0.385. The van der Waals surface area contributed by atoms with Gasteiger partial charge >= 0.3 is 0 Å². The number of hydrogen-bond donors (Lipinski definition) is 1. The van der Waals surface area contributed by atoms with Gasteiger partial charge in [0.2, 0.25) is 0 Å². The minimum Gasteiger partial charge on any atom is -0.496 e. The fourth-order valence-electron chi connectivity index (χ4n) is 2.34. The van der Waals surface area contributed by atoms with Crippen molar-refractivity contribution < 1.29 is 14.4 Å². The van der Waals surface area contributed by atoms with E-state index >= 15 is 0 Å². The summed E-state index contributed by atoms with van der Waals surface area (Å²) in [5.74, 6) is 0.480. The molecule has 1 saturated heterocycles. The van der Waals surface area contributed by atoms with Crippen LogP contribution in [0.1, 0.15) is 24.8 Å². The summed E-state index contributed by atoms with van der Waals surface area (Å²) in [5.41, 5.74) is 0.783. The van der Waals surface area contributed by atoms with Gasteiger partial charge in [-0.3, -0.25) is 10.1 Å². The Labute approximate surface area is 118 Å². The van der Waals surface area contributed by atoms with Gasteiger partial charge in [0.05, 0.1) is 31.3 Å². The Bertz CT molecular complexity index is 458. The van der Waals surface area contributed by atoms with Crippen LogP contribution in [0.15, 0.2) is 18.2 Å². The summed E-state index contributed by atoms with van der Waals surface area (Å²) in [7, 11) is 1.50. The van der Waals surface area contributed by atoms with Crippen molar-refractivity contribution in [2.24, 2.45) is 0 Å². The van der Waals surface area contributed by atoms with E-state index in [9.17, 15) is 10.1 Å². The molecule has 0 spiro atoms.